The fourth-order valence-electron chi connectivity index (χ4n) is 2.57. The first-order valence-electron chi connectivity index (χ1n) is 6.75. The summed E-state index contributed by atoms with van der Waals surface area (Å²) >= 11 is 1.52. The molecule has 0 saturated carbocycles. The molecule has 0 bridgehead atoms. The lowest BCUT2D eigenvalue weighted by molar-refractivity contribution is 0.0989. The van der Waals surface area contributed by atoms with E-state index in [0.717, 1.165) is 37.4 Å². The molecule has 2 aromatic heterocycles. The van der Waals surface area contributed by atoms with Crippen molar-refractivity contribution >= 4 is 34.8 Å². The van der Waals surface area contributed by atoms with Gasteiger partial charge in [0.1, 0.15) is 6.33 Å². The number of thiazole rings is 1. The summed E-state index contributed by atoms with van der Waals surface area (Å²) in [6.45, 7) is 2.73. The Morgan fingerprint density at radius 1 is 1.45 bits per heavy atom. The van der Waals surface area contributed by atoms with E-state index in [4.69, 9.17) is 11.5 Å². The Kier molecular flexibility index (Phi) is 5.33. The maximum atomic E-state index is 11.1. The van der Waals surface area contributed by atoms with E-state index >= 15 is 0 Å². The van der Waals surface area contributed by atoms with Crippen LogP contribution in [0.25, 0.3) is 0 Å². The molecule has 0 spiro atoms. The number of nitrogens with two attached hydrogens (primary N) is 2. The maximum absolute atomic E-state index is 11.1. The monoisotopic (exact) mass is 343 g/mol. The highest BCUT2D eigenvalue weighted by molar-refractivity contribution is 7.15. The standard InChI is InChI=1S/C12H17N7OS.ClH/c13-10(20)11-16-7-19(17-11)8-2-1-3-18(5-8)6-9-4-15-12(14)21-9;/h4,7-8H,1-3,5-6H2,(H2,13,20)(H2,14,15);1H. The molecule has 1 unspecified atom stereocenters. The summed E-state index contributed by atoms with van der Waals surface area (Å²) in [5.41, 5.74) is 10.8. The number of primary amides is 1. The Morgan fingerprint density at radius 2 is 2.27 bits per heavy atom. The number of nitrogen functional groups attached to an aromatic ring is 1. The first-order valence-corrected chi connectivity index (χ1v) is 7.57. The number of anilines is 1. The fraction of sp³-hybridized carbons (Fsp3) is 0.500. The van der Waals surface area contributed by atoms with E-state index in [-0.39, 0.29) is 24.3 Å². The van der Waals surface area contributed by atoms with E-state index < -0.39 is 5.91 Å². The van der Waals surface area contributed by atoms with Crippen LogP contribution in [-0.2, 0) is 6.54 Å². The number of halogens is 1. The third-order valence-corrected chi connectivity index (χ3v) is 4.35. The van der Waals surface area contributed by atoms with Gasteiger partial charge in [0.15, 0.2) is 5.13 Å². The van der Waals surface area contributed by atoms with Crippen LogP contribution in [0.4, 0.5) is 5.13 Å². The van der Waals surface area contributed by atoms with Crippen molar-refractivity contribution in [3.05, 3.63) is 23.2 Å². The van der Waals surface area contributed by atoms with Gasteiger partial charge < -0.3 is 11.5 Å². The van der Waals surface area contributed by atoms with Gasteiger partial charge in [-0.05, 0) is 19.4 Å². The van der Waals surface area contributed by atoms with Crippen molar-refractivity contribution in [2.24, 2.45) is 5.73 Å². The SMILES string of the molecule is Cl.NC(=O)c1ncn(C2CCCN(Cc3cnc(N)s3)C2)n1. The number of carbonyl (C=O) groups is 1. The second-order valence-electron chi connectivity index (χ2n) is 5.11. The highest BCUT2D eigenvalue weighted by Crippen LogP contribution is 2.24. The van der Waals surface area contributed by atoms with Gasteiger partial charge >= 0.3 is 0 Å². The molecular formula is C12H18ClN7OS. The number of nitrogens with zero attached hydrogens (tertiary/aromatic N) is 5. The zero-order chi connectivity index (χ0) is 14.8. The molecule has 1 fully saturated rings. The van der Waals surface area contributed by atoms with Gasteiger partial charge in [-0.25, -0.2) is 14.6 Å². The number of likely N-dealkylation sites (tertiary alicyclic amines) is 1. The minimum atomic E-state index is -0.596. The van der Waals surface area contributed by atoms with Gasteiger partial charge in [-0.3, -0.25) is 9.69 Å². The third-order valence-electron chi connectivity index (χ3n) is 3.53. The summed E-state index contributed by atoms with van der Waals surface area (Å²) in [5.74, 6) is -0.524. The Morgan fingerprint density at radius 3 is 2.91 bits per heavy atom. The normalized spacial score (nSPS) is 18.8. The first-order chi connectivity index (χ1) is 10.1. The van der Waals surface area contributed by atoms with Gasteiger partial charge in [-0.15, -0.1) is 28.8 Å². The summed E-state index contributed by atoms with van der Waals surface area (Å²) in [7, 11) is 0. The first kappa shape index (κ1) is 16.7. The predicted molar refractivity (Wildman–Crippen MR) is 85.9 cm³/mol. The lowest BCUT2D eigenvalue weighted by Gasteiger charge is -2.32. The average molecular weight is 344 g/mol. The van der Waals surface area contributed by atoms with Crippen molar-refractivity contribution in [1.82, 2.24) is 24.6 Å². The molecule has 0 radical (unpaired) electrons. The number of amides is 1. The Hall–Kier alpha value is -1.71. The highest BCUT2D eigenvalue weighted by Gasteiger charge is 2.23. The molecule has 4 N–H and O–H groups in total. The maximum Gasteiger partial charge on any atom is 0.288 e. The second-order valence-corrected chi connectivity index (χ2v) is 6.26. The van der Waals surface area contributed by atoms with Crippen molar-refractivity contribution in [2.75, 3.05) is 18.8 Å². The minimum Gasteiger partial charge on any atom is -0.375 e. The van der Waals surface area contributed by atoms with Crippen molar-refractivity contribution < 1.29 is 4.79 Å². The van der Waals surface area contributed by atoms with E-state index in [9.17, 15) is 4.79 Å². The van der Waals surface area contributed by atoms with Crippen LogP contribution in [0.2, 0.25) is 0 Å². The number of rotatable bonds is 4. The van der Waals surface area contributed by atoms with E-state index in [0.29, 0.717) is 5.13 Å². The number of hydrogen-bond acceptors (Lipinski definition) is 7. The average Bonchev–Trinajstić information content (AvgIpc) is 3.08. The van der Waals surface area contributed by atoms with Crippen LogP contribution in [0.15, 0.2) is 12.5 Å². The minimum absolute atomic E-state index is 0. The fourth-order valence-corrected chi connectivity index (χ4v) is 3.30. The lowest BCUT2D eigenvalue weighted by atomic mass is 10.1. The van der Waals surface area contributed by atoms with Crippen LogP contribution in [0, 0.1) is 0 Å². The highest BCUT2D eigenvalue weighted by atomic mass is 35.5. The number of piperidine rings is 1. The molecule has 120 valence electrons. The second kappa shape index (κ2) is 7.03. The number of hydrogen-bond donors (Lipinski definition) is 2. The van der Waals surface area contributed by atoms with Crippen LogP contribution >= 0.6 is 23.7 Å². The van der Waals surface area contributed by atoms with Crippen LogP contribution in [0.1, 0.15) is 34.4 Å². The molecule has 1 aliphatic heterocycles. The topological polar surface area (TPSA) is 116 Å². The van der Waals surface area contributed by atoms with Crippen LogP contribution in [0.3, 0.4) is 0 Å². The van der Waals surface area contributed by atoms with E-state index in [1.165, 1.54) is 11.3 Å². The van der Waals surface area contributed by atoms with Crippen LogP contribution in [-0.4, -0.2) is 43.6 Å². The van der Waals surface area contributed by atoms with Gasteiger partial charge in [0.2, 0.25) is 5.82 Å². The summed E-state index contributed by atoms with van der Waals surface area (Å²) in [5, 5.41) is 4.75. The zero-order valence-corrected chi connectivity index (χ0v) is 13.5. The molecule has 1 saturated heterocycles. The molecule has 3 heterocycles. The van der Waals surface area contributed by atoms with Gasteiger partial charge in [-0.1, -0.05) is 0 Å². The molecule has 3 rings (SSSR count). The zero-order valence-electron chi connectivity index (χ0n) is 11.9. The summed E-state index contributed by atoms with van der Waals surface area (Å²) in [4.78, 5) is 22.6. The predicted octanol–water partition coefficient (Wildman–Crippen LogP) is 0.675. The molecule has 0 aromatic carbocycles. The van der Waals surface area contributed by atoms with Crippen molar-refractivity contribution in [1.29, 1.82) is 0 Å². The third kappa shape index (κ3) is 3.73. The molecule has 22 heavy (non-hydrogen) atoms. The smallest absolute Gasteiger partial charge is 0.288 e. The van der Waals surface area contributed by atoms with Gasteiger partial charge in [0.05, 0.1) is 6.04 Å². The Balaban J connectivity index is 0.00000176. The molecule has 2 aromatic rings. The van der Waals surface area contributed by atoms with Crippen LogP contribution in [0.5, 0.6) is 0 Å². The van der Waals surface area contributed by atoms with Crippen molar-refractivity contribution in [3.63, 3.8) is 0 Å². The van der Waals surface area contributed by atoms with Gasteiger partial charge in [0.25, 0.3) is 5.91 Å². The quantitative estimate of drug-likeness (QED) is 0.843. The van der Waals surface area contributed by atoms with Gasteiger partial charge in [0, 0.05) is 24.2 Å². The molecule has 0 aliphatic carbocycles. The molecule has 1 atom stereocenters. The largest absolute Gasteiger partial charge is 0.375 e. The van der Waals surface area contributed by atoms with Crippen LogP contribution < -0.4 is 11.5 Å². The summed E-state index contributed by atoms with van der Waals surface area (Å²) in [6.07, 6.45) is 5.50. The molecule has 1 amide bonds. The Labute approximate surface area is 137 Å². The molecular weight excluding hydrogens is 326 g/mol. The van der Waals surface area contributed by atoms with Crippen molar-refractivity contribution in [3.8, 4) is 0 Å². The van der Waals surface area contributed by atoms with E-state index in [2.05, 4.69) is 20.0 Å². The summed E-state index contributed by atoms with van der Waals surface area (Å²) < 4.78 is 1.74. The van der Waals surface area contributed by atoms with Crippen molar-refractivity contribution in [2.45, 2.75) is 25.4 Å². The number of aromatic nitrogens is 4. The molecule has 10 heteroatoms. The summed E-state index contributed by atoms with van der Waals surface area (Å²) in [6, 6.07) is 0.213. The molecule has 1 aliphatic rings. The van der Waals surface area contributed by atoms with E-state index in [1.807, 2.05) is 6.20 Å². The van der Waals surface area contributed by atoms with Gasteiger partial charge in [-0.2, -0.15) is 0 Å². The molecule has 8 nitrogen and oxygen atoms in total. The van der Waals surface area contributed by atoms with E-state index in [1.54, 1.807) is 11.0 Å². The lowest BCUT2D eigenvalue weighted by Crippen LogP contribution is -2.36. The number of carbonyl (C=O) groups excluding carboxylic acids is 1. The Bertz CT molecular complexity index is 643.